The van der Waals surface area contributed by atoms with Crippen LogP contribution in [-0.4, -0.2) is 40.4 Å². The predicted octanol–water partition coefficient (Wildman–Crippen LogP) is 2.34. The molecule has 4 N–H and O–H groups in total. The third kappa shape index (κ3) is 3.89. The summed E-state index contributed by atoms with van der Waals surface area (Å²) >= 11 is 4.88. The second-order valence-corrected chi connectivity index (χ2v) is 8.26. The van der Waals surface area contributed by atoms with Gasteiger partial charge in [0.15, 0.2) is 10.8 Å². The molecule has 3 aromatic carbocycles. The number of amides is 1. The van der Waals surface area contributed by atoms with Crippen molar-refractivity contribution in [2.24, 2.45) is 15.9 Å². The third-order valence-corrected chi connectivity index (χ3v) is 5.63. The van der Waals surface area contributed by atoms with Gasteiger partial charge in [-0.25, -0.2) is 0 Å². The van der Waals surface area contributed by atoms with Crippen molar-refractivity contribution < 1.29 is 17.8 Å². The molecule has 1 aliphatic rings. The number of carbonyl (C=O) groups excluding carboxylic acids is 1. The molecule has 0 atom stereocenters. The van der Waals surface area contributed by atoms with E-state index in [0.29, 0.717) is 16.3 Å². The van der Waals surface area contributed by atoms with Gasteiger partial charge in [0, 0.05) is 10.9 Å². The van der Waals surface area contributed by atoms with E-state index < -0.39 is 16.0 Å². The highest BCUT2D eigenvalue weighted by atomic mass is 32.2. The van der Waals surface area contributed by atoms with Gasteiger partial charge in [0.1, 0.15) is 10.6 Å². The van der Waals surface area contributed by atoms with Crippen molar-refractivity contribution in [2.75, 3.05) is 5.43 Å². The van der Waals surface area contributed by atoms with E-state index in [0.717, 1.165) is 5.01 Å². The van der Waals surface area contributed by atoms with Crippen LogP contribution < -0.4 is 11.2 Å². The number of rotatable bonds is 4. The van der Waals surface area contributed by atoms with E-state index in [9.17, 15) is 17.8 Å². The Labute approximate surface area is 182 Å². The van der Waals surface area contributed by atoms with Crippen LogP contribution in [0.5, 0.6) is 0 Å². The fourth-order valence-electron chi connectivity index (χ4n) is 3.16. The van der Waals surface area contributed by atoms with Gasteiger partial charge < -0.3 is 5.73 Å². The number of carbonyl (C=O) groups is 1. The van der Waals surface area contributed by atoms with Crippen molar-refractivity contribution in [3.63, 3.8) is 0 Å². The Hall–Kier alpha value is -3.67. The molecule has 0 aromatic heterocycles. The maximum atomic E-state index is 12.8. The fourth-order valence-corrected chi connectivity index (χ4v) is 4.14. The summed E-state index contributed by atoms with van der Waals surface area (Å²) in [6, 6.07) is 18.5. The summed E-state index contributed by atoms with van der Waals surface area (Å²) in [6.07, 6.45) is 0. The van der Waals surface area contributed by atoms with Crippen LogP contribution >= 0.6 is 12.2 Å². The smallest absolute Gasteiger partial charge is 0.303 e. The lowest BCUT2D eigenvalue weighted by Gasteiger charge is -2.11. The van der Waals surface area contributed by atoms with Crippen LogP contribution in [-0.2, 0) is 14.9 Å². The Morgan fingerprint density at radius 1 is 1.06 bits per heavy atom. The second kappa shape index (κ2) is 7.87. The van der Waals surface area contributed by atoms with Crippen molar-refractivity contribution in [3.05, 3.63) is 72.3 Å². The molecule has 156 valence electrons. The summed E-state index contributed by atoms with van der Waals surface area (Å²) < 4.78 is 34.0. The van der Waals surface area contributed by atoms with Crippen molar-refractivity contribution in [1.82, 2.24) is 5.01 Å². The maximum absolute atomic E-state index is 12.8. The van der Waals surface area contributed by atoms with E-state index in [1.807, 2.05) is 0 Å². The topological polar surface area (TPSA) is 137 Å². The summed E-state index contributed by atoms with van der Waals surface area (Å²) in [6.45, 7) is 0. The van der Waals surface area contributed by atoms with Gasteiger partial charge in [-0.3, -0.25) is 14.8 Å². The molecule has 31 heavy (non-hydrogen) atoms. The van der Waals surface area contributed by atoms with E-state index in [2.05, 4.69) is 15.6 Å². The molecule has 0 fully saturated rings. The fraction of sp³-hybridized carbons (Fsp3) is 0. The van der Waals surface area contributed by atoms with Crippen LogP contribution in [0.4, 0.5) is 5.69 Å². The molecular formula is C20H15N5O4S2. The summed E-state index contributed by atoms with van der Waals surface area (Å²) in [4.78, 5) is 12.4. The number of nitrogens with zero attached hydrogens (tertiary/aromatic N) is 3. The highest BCUT2D eigenvalue weighted by Crippen LogP contribution is 2.30. The Morgan fingerprint density at radius 3 is 2.42 bits per heavy atom. The van der Waals surface area contributed by atoms with Crippen LogP contribution in [0.3, 0.4) is 0 Å². The molecule has 3 aromatic rings. The van der Waals surface area contributed by atoms with E-state index >= 15 is 0 Å². The Morgan fingerprint density at radius 2 is 1.74 bits per heavy atom. The van der Waals surface area contributed by atoms with Crippen molar-refractivity contribution in [3.8, 4) is 0 Å². The minimum Gasteiger partial charge on any atom is -0.374 e. The standard InChI is InChI=1S/C20H15N5O4S2/c21-20(30)25-19(26)17(16(24-25)13-7-2-1-3-8-13)23-22-15-11-10-12-6-4-5-9-14(12)18(15)31(27,28)29/h1-11,22H,(H2,21,30)(H,27,28,29)/b23-17+. The second-order valence-electron chi connectivity index (χ2n) is 6.48. The van der Waals surface area contributed by atoms with Crippen LogP contribution in [0.15, 0.2) is 81.8 Å². The maximum Gasteiger partial charge on any atom is 0.303 e. The number of hydrogen-bond acceptors (Lipinski definition) is 7. The van der Waals surface area contributed by atoms with Gasteiger partial charge in [-0.05, 0) is 23.7 Å². The molecule has 1 amide bonds. The zero-order valence-corrected chi connectivity index (χ0v) is 17.4. The molecule has 0 bridgehead atoms. The van der Waals surface area contributed by atoms with Gasteiger partial charge in [0.2, 0.25) is 0 Å². The lowest BCUT2D eigenvalue weighted by Crippen LogP contribution is -2.36. The third-order valence-electron chi connectivity index (χ3n) is 4.50. The normalized spacial score (nSPS) is 15.4. The van der Waals surface area contributed by atoms with Crippen molar-refractivity contribution >= 4 is 61.2 Å². The first-order valence-electron chi connectivity index (χ1n) is 8.88. The Balaban J connectivity index is 1.82. The number of hydrogen-bond donors (Lipinski definition) is 3. The molecule has 4 rings (SSSR count). The number of benzene rings is 3. The summed E-state index contributed by atoms with van der Waals surface area (Å²) in [5.74, 6) is -0.673. The minimum atomic E-state index is -4.61. The van der Waals surface area contributed by atoms with E-state index in [1.165, 1.54) is 6.07 Å². The first-order valence-corrected chi connectivity index (χ1v) is 10.7. The summed E-state index contributed by atoms with van der Waals surface area (Å²) in [5, 5.41) is 9.74. The minimum absolute atomic E-state index is 0.0114. The molecule has 0 radical (unpaired) electrons. The molecule has 0 saturated heterocycles. The molecule has 1 heterocycles. The summed E-state index contributed by atoms with van der Waals surface area (Å²) in [7, 11) is -4.61. The van der Waals surface area contributed by atoms with E-state index in [4.69, 9.17) is 18.0 Å². The van der Waals surface area contributed by atoms with Gasteiger partial charge in [0.05, 0.1) is 5.69 Å². The number of nitrogens with one attached hydrogen (secondary N) is 1. The zero-order chi connectivity index (χ0) is 22.2. The quantitative estimate of drug-likeness (QED) is 0.313. The van der Waals surface area contributed by atoms with Crippen LogP contribution in [0.2, 0.25) is 0 Å². The largest absolute Gasteiger partial charge is 0.374 e. The average molecular weight is 454 g/mol. The zero-order valence-electron chi connectivity index (χ0n) is 15.8. The number of nitrogens with two attached hydrogens (primary N) is 1. The summed E-state index contributed by atoms with van der Waals surface area (Å²) in [5.41, 5.74) is 8.83. The highest BCUT2D eigenvalue weighted by molar-refractivity contribution is 7.86. The van der Waals surface area contributed by atoms with Gasteiger partial charge in [-0.1, -0.05) is 60.7 Å². The molecule has 11 heteroatoms. The Bertz CT molecular complexity index is 1390. The van der Waals surface area contributed by atoms with Crippen LogP contribution in [0.25, 0.3) is 10.8 Å². The van der Waals surface area contributed by atoms with Gasteiger partial charge in [0.25, 0.3) is 10.1 Å². The van der Waals surface area contributed by atoms with Gasteiger partial charge >= 0.3 is 5.91 Å². The molecule has 0 saturated carbocycles. The molecule has 9 nitrogen and oxygen atoms in total. The number of anilines is 1. The molecule has 0 aliphatic carbocycles. The number of hydrazone groups is 2. The first kappa shape index (κ1) is 20.6. The average Bonchev–Trinajstić information content (AvgIpc) is 3.08. The lowest BCUT2D eigenvalue weighted by atomic mass is 10.1. The van der Waals surface area contributed by atoms with Gasteiger partial charge in [-0.2, -0.15) is 23.6 Å². The molecule has 0 unspecified atom stereocenters. The van der Waals surface area contributed by atoms with E-state index in [1.54, 1.807) is 60.7 Å². The van der Waals surface area contributed by atoms with Crippen LogP contribution in [0.1, 0.15) is 5.56 Å². The molecule has 0 spiro atoms. The van der Waals surface area contributed by atoms with Crippen molar-refractivity contribution in [2.45, 2.75) is 4.90 Å². The molecular weight excluding hydrogens is 438 g/mol. The molecule has 1 aliphatic heterocycles. The van der Waals surface area contributed by atoms with Crippen molar-refractivity contribution in [1.29, 1.82) is 0 Å². The highest BCUT2D eigenvalue weighted by Gasteiger charge is 2.34. The Kier molecular flexibility index (Phi) is 5.23. The monoisotopic (exact) mass is 453 g/mol. The van der Waals surface area contributed by atoms with Gasteiger partial charge in [-0.15, -0.1) is 0 Å². The van der Waals surface area contributed by atoms with Crippen LogP contribution in [0, 0.1) is 0 Å². The number of fused-ring (bicyclic) bond motifs is 1. The SMILES string of the molecule is NC(=S)N1N=C(c2ccccc2)/C(=N\Nc2ccc3ccccc3c2S(=O)(=O)O)C1=O. The van der Waals surface area contributed by atoms with E-state index in [-0.39, 0.29) is 27.1 Å². The first-order chi connectivity index (χ1) is 14.8. The number of thiocarbonyl (C=S) groups is 1. The predicted molar refractivity (Wildman–Crippen MR) is 121 cm³/mol. The lowest BCUT2D eigenvalue weighted by molar-refractivity contribution is -0.119.